The highest BCUT2D eigenvalue weighted by atomic mass is 32.2. The number of ether oxygens (including phenoxy) is 2. The molecule has 11 heteroatoms. The van der Waals surface area contributed by atoms with E-state index in [0.29, 0.717) is 24.5 Å². The molecule has 1 amide bonds. The molecular formula is C18H22N4O6S. The number of anilines is 1. The van der Waals surface area contributed by atoms with Gasteiger partial charge in [0.05, 0.1) is 29.9 Å². The van der Waals surface area contributed by atoms with Crippen molar-refractivity contribution in [1.29, 1.82) is 0 Å². The van der Waals surface area contributed by atoms with Gasteiger partial charge in [-0.05, 0) is 24.6 Å². The summed E-state index contributed by atoms with van der Waals surface area (Å²) in [4.78, 5) is 24.2. The summed E-state index contributed by atoms with van der Waals surface area (Å²) < 4.78 is 38.5. The van der Waals surface area contributed by atoms with Gasteiger partial charge in [-0.2, -0.15) is 9.40 Å². The molecule has 2 heterocycles. The molecule has 1 fully saturated rings. The fourth-order valence-electron chi connectivity index (χ4n) is 2.76. The molecule has 0 atom stereocenters. The van der Waals surface area contributed by atoms with Crippen LogP contribution in [0.5, 0.6) is 0 Å². The van der Waals surface area contributed by atoms with E-state index in [1.807, 2.05) is 0 Å². The minimum absolute atomic E-state index is 0.0765. The van der Waals surface area contributed by atoms with E-state index in [9.17, 15) is 18.0 Å². The molecule has 1 aromatic heterocycles. The predicted molar refractivity (Wildman–Crippen MR) is 103 cm³/mol. The van der Waals surface area contributed by atoms with Crippen LogP contribution in [0.2, 0.25) is 0 Å². The topological polar surface area (TPSA) is 120 Å². The first-order chi connectivity index (χ1) is 13.8. The monoisotopic (exact) mass is 422 g/mol. The molecular weight excluding hydrogens is 400 g/mol. The molecule has 2 aromatic rings. The van der Waals surface area contributed by atoms with Crippen molar-refractivity contribution in [2.45, 2.75) is 11.8 Å². The fourth-order valence-corrected chi connectivity index (χ4v) is 4.19. The number of nitrogens with zero attached hydrogens (tertiary/aromatic N) is 3. The van der Waals surface area contributed by atoms with E-state index in [4.69, 9.17) is 9.47 Å². The molecule has 0 spiro atoms. The van der Waals surface area contributed by atoms with Crippen molar-refractivity contribution in [3.63, 3.8) is 0 Å². The predicted octanol–water partition coefficient (Wildman–Crippen LogP) is 0.545. The summed E-state index contributed by atoms with van der Waals surface area (Å²) in [7, 11) is -2.03. The number of nitrogens with one attached hydrogen (secondary N) is 1. The highest BCUT2D eigenvalue weighted by Crippen LogP contribution is 2.23. The molecule has 1 aromatic carbocycles. The molecule has 0 unspecified atom stereocenters. The number of hydrogen-bond donors (Lipinski definition) is 1. The van der Waals surface area contributed by atoms with E-state index in [-0.39, 0.29) is 23.5 Å². The number of rotatable bonds is 6. The van der Waals surface area contributed by atoms with Crippen molar-refractivity contribution < 1.29 is 27.5 Å². The van der Waals surface area contributed by atoms with Gasteiger partial charge in [-0.25, -0.2) is 13.2 Å². The van der Waals surface area contributed by atoms with Crippen LogP contribution in [0.15, 0.2) is 35.5 Å². The van der Waals surface area contributed by atoms with Crippen molar-refractivity contribution in [3.05, 3.63) is 41.7 Å². The smallest absolute Gasteiger partial charge is 0.341 e. The number of carbonyl (C=O) groups excluding carboxylic acids is 2. The van der Waals surface area contributed by atoms with Gasteiger partial charge in [0.15, 0.2) is 6.61 Å². The number of hydrogen-bond acceptors (Lipinski definition) is 7. The zero-order valence-electron chi connectivity index (χ0n) is 16.1. The van der Waals surface area contributed by atoms with Crippen LogP contribution in [-0.4, -0.2) is 67.3 Å². The fraction of sp³-hybridized carbons (Fsp3) is 0.389. The van der Waals surface area contributed by atoms with Gasteiger partial charge in [0, 0.05) is 32.0 Å². The summed E-state index contributed by atoms with van der Waals surface area (Å²) in [6, 6.07) is 4.52. The average molecular weight is 422 g/mol. The maximum Gasteiger partial charge on any atom is 0.341 e. The van der Waals surface area contributed by atoms with Crippen LogP contribution in [0, 0.1) is 6.92 Å². The number of aryl methyl sites for hydroxylation is 2. The number of morpholine rings is 1. The minimum Gasteiger partial charge on any atom is -0.452 e. The third-order valence-electron chi connectivity index (χ3n) is 4.37. The van der Waals surface area contributed by atoms with Crippen molar-refractivity contribution >= 4 is 27.6 Å². The van der Waals surface area contributed by atoms with Crippen LogP contribution >= 0.6 is 0 Å². The summed E-state index contributed by atoms with van der Waals surface area (Å²) in [6.45, 7) is 2.48. The van der Waals surface area contributed by atoms with Crippen LogP contribution in [0.3, 0.4) is 0 Å². The lowest BCUT2D eigenvalue weighted by molar-refractivity contribution is -0.119. The summed E-state index contributed by atoms with van der Waals surface area (Å²) >= 11 is 0. The molecule has 0 bridgehead atoms. The molecule has 3 rings (SSSR count). The Morgan fingerprint density at radius 1 is 1.28 bits per heavy atom. The van der Waals surface area contributed by atoms with Crippen LogP contribution in [0.4, 0.5) is 5.69 Å². The number of sulfonamides is 1. The Balaban J connectivity index is 1.66. The van der Waals surface area contributed by atoms with Gasteiger partial charge in [0.25, 0.3) is 5.91 Å². The van der Waals surface area contributed by atoms with Crippen LogP contribution in [0.1, 0.15) is 15.9 Å². The van der Waals surface area contributed by atoms with Gasteiger partial charge in [-0.3, -0.25) is 9.48 Å². The van der Waals surface area contributed by atoms with Crippen molar-refractivity contribution in [3.8, 4) is 0 Å². The average Bonchev–Trinajstić information content (AvgIpc) is 3.15. The first kappa shape index (κ1) is 21.0. The summed E-state index contributed by atoms with van der Waals surface area (Å²) in [5, 5.41) is 6.45. The van der Waals surface area contributed by atoms with Crippen molar-refractivity contribution in [1.82, 2.24) is 14.1 Å². The van der Waals surface area contributed by atoms with Gasteiger partial charge in [0.1, 0.15) is 0 Å². The van der Waals surface area contributed by atoms with E-state index in [0.717, 1.165) is 0 Å². The molecule has 1 N–H and O–H groups in total. The molecule has 0 saturated carbocycles. The van der Waals surface area contributed by atoms with Gasteiger partial charge in [-0.1, -0.05) is 6.07 Å². The minimum atomic E-state index is -3.69. The molecule has 0 radical (unpaired) electrons. The van der Waals surface area contributed by atoms with Crippen LogP contribution in [-0.2, 0) is 31.3 Å². The molecule has 1 saturated heterocycles. The number of aromatic nitrogens is 2. The first-order valence-corrected chi connectivity index (χ1v) is 10.4. The molecule has 0 aliphatic carbocycles. The van der Waals surface area contributed by atoms with Gasteiger partial charge in [0.2, 0.25) is 10.0 Å². The zero-order chi connectivity index (χ0) is 21.0. The Kier molecular flexibility index (Phi) is 6.30. The normalized spacial score (nSPS) is 15.1. The second-order valence-corrected chi connectivity index (χ2v) is 8.46. The highest BCUT2D eigenvalue weighted by molar-refractivity contribution is 7.89. The Labute approximate surface area is 168 Å². The molecule has 1 aliphatic rings. The van der Waals surface area contributed by atoms with E-state index >= 15 is 0 Å². The second-order valence-electron chi connectivity index (χ2n) is 6.52. The molecule has 10 nitrogen and oxygen atoms in total. The number of carbonyl (C=O) groups is 2. The van der Waals surface area contributed by atoms with E-state index in [1.165, 1.54) is 33.5 Å². The quantitative estimate of drug-likeness (QED) is 0.675. The van der Waals surface area contributed by atoms with Gasteiger partial charge >= 0.3 is 5.97 Å². The number of amides is 1. The Morgan fingerprint density at radius 2 is 2.00 bits per heavy atom. The zero-order valence-corrected chi connectivity index (χ0v) is 16.9. The second kappa shape index (κ2) is 8.72. The van der Waals surface area contributed by atoms with Gasteiger partial charge < -0.3 is 14.8 Å². The largest absolute Gasteiger partial charge is 0.452 e. The SMILES string of the molecule is Cc1ccc(S(=O)(=O)N2CCOCC2)cc1NC(=O)COC(=O)c1cnn(C)c1. The molecule has 156 valence electrons. The van der Waals surface area contributed by atoms with Crippen LogP contribution in [0.25, 0.3) is 0 Å². The van der Waals surface area contributed by atoms with Gasteiger partial charge in [-0.15, -0.1) is 0 Å². The highest BCUT2D eigenvalue weighted by Gasteiger charge is 2.27. The molecule has 29 heavy (non-hydrogen) atoms. The van der Waals surface area contributed by atoms with E-state index in [2.05, 4.69) is 10.4 Å². The maximum absolute atomic E-state index is 12.8. The van der Waals surface area contributed by atoms with Crippen molar-refractivity contribution in [2.75, 3.05) is 38.2 Å². The lowest BCUT2D eigenvalue weighted by Crippen LogP contribution is -2.40. The third-order valence-corrected chi connectivity index (χ3v) is 6.26. The van der Waals surface area contributed by atoms with E-state index in [1.54, 1.807) is 20.0 Å². The summed E-state index contributed by atoms with van der Waals surface area (Å²) in [5.41, 5.74) is 1.25. The molecule has 1 aliphatic heterocycles. The Bertz CT molecular complexity index is 1010. The number of benzene rings is 1. The van der Waals surface area contributed by atoms with Crippen LogP contribution < -0.4 is 5.32 Å². The Morgan fingerprint density at radius 3 is 2.66 bits per heavy atom. The Hall–Kier alpha value is -2.76. The lowest BCUT2D eigenvalue weighted by Gasteiger charge is -2.26. The summed E-state index contributed by atoms with van der Waals surface area (Å²) in [5.74, 6) is -1.25. The maximum atomic E-state index is 12.8. The lowest BCUT2D eigenvalue weighted by atomic mass is 10.2. The van der Waals surface area contributed by atoms with E-state index < -0.39 is 28.5 Å². The van der Waals surface area contributed by atoms with Crippen molar-refractivity contribution in [2.24, 2.45) is 7.05 Å². The number of esters is 1. The summed E-state index contributed by atoms with van der Waals surface area (Å²) in [6.07, 6.45) is 2.81. The standard InChI is InChI=1S/C18H22N4O6S/c1-13-3-4-15(29(25,26)22-5-7-27-8-6-22)9-16(13)20-17(23)12-28-18(24)14-10-19-21(2)11-14/h3-4,9-11H,5-8,12H2,1-2H3,(H,20,23). The third kappa shape index (κ3) is 5.00. The first-order valence-electron chi connectivity index (χ1n) is 8.91.